The molecule has 0 aliphatic carbocycles. The quantitative estimate of drug-likeness (QED) is 0.591. The lowest BCUT2D eigenvalue weighted by Gasteiger charge is -2.22. The number of rotatable bonds is 5. The largest absolute Gasteiger partial charge is 0.309 e. The molecule has 1 aromatic rings. The first-order valence-corrected chi connectivity index (χ1v) is 8.54. The van der Waals surface area contributed by atoms with Crippen LogP contribution in [0.5, 0.6) is 0 Å². The summed E-state index contributed by atoms with van der Waals surface area (Å²) >= 11 is 3.41. The maximum absolute atomic E-state index is 12.2. The SMILES string of the molecule is CCCC(=O)N1c2ccc(C(=O)C(Br)CC)cc2CC1C. The van der Waals surface area contributed by atoms with Crippen molar-refractivity contribution in [1.29, 1.82) is 0 Å². The van der Waals surface area contributed by atoms with Crippen LogP contribution in [0.25, 0.3) is 0 Å². The summed E-state index contributed by atoms with van der Waals surface area (Å²) < 4.78 is 0. The second kappa shape index (κ2) is 6.73. The molecule has 3 nitrogen and oxygen atoms in total. The Morgan fingerprint density at radius 2 is 2.10 bits per heavy atom. The Balaban J connectivity index is 2.29. The summed E-state index contributed by atoms with van der Waals surface area (Å²) in [5.74, 6) is 0.293. The number of hydrogen-bond donors (Lipinski definition) is 0. The molecule has 2 atom stereocenters. The third-order valence-electron chi connectivity index (χ3n) is 3.96. The smallest absolute Gasteiger partial charge is 0.227 e. The van der Waals surface area contributed by atoms with Crippen LogP contribution < -0.4 is 4.90 Å². The Morgan fingerprint density at radius 1 is 1.38 bits per heavy atom. The van der Waals surface area contributed by atoms with Gasteiger partial charge in [0.05, 0.1) is 4.83 Å². The zero-order valence-corrected chi connectivity index (χ0v) is 14.4. The number of halogens is 1. The molecular weight excluding hydrogens is 330 g/mol. The maximum Gasteiger partial charge on any atom is 0.227 e. The molecule has 1 aliphatic rings. The number of carbonyl (C=O) groups excluding carboxylic acids is 2. The molecule has 0 bridgehead atoms. The highest BCUT2D eigenvalue weighted by molar-refractivity contribution is 9.10. The van der Waals surface area contributed by atoms with Gasteiger partial charge in [-0.15, -0.1) is 0 Å². The third-order valence-corrected chi connectivity index (χ3v) is 5.02. The van der Waals surface area contributed by atoms with E-state index in [0.717, 1.165) is 36.1 Å². The van der Waals surface area contributed by atoms with Gasteiger partial charge in [-0.3, -0.25) is 9.59 Å². The van der Waals surface area contributed by atoms with Crippen LogP contribution in [0.15, 0.2) is 18.2 Å². The summed E-state index contributed by atoms with van der Waals surface area (Å²) in [5.41, 5.74) is 2.81. The minimum absolute atomic E-state index is 0.117. The molecule has 4 heteroatoms. The topological polar surface area (TPSA) is 37.4 Å². The highest BCUT2D eigenvalue weighted by Crippen LogP contribution is 2.34. The van der Waals surface area contributed by atoms with Gasteiger partial charge in [0.25, 0.3) is 0 Å². The van der Waals surface area contributed by atoms with Crippen molar-refractivity contribution < 1.29 is 9.59 Å². The van der Waals surface area contributed by atoms with E-state index in [4.69, 9.17) is 0 Å². The lowest BCUT2D eigenvalue weighted by atomic mass is 10.0. The van der Waals surface area contributed by atoms with Gasteiger partial charge in [0, 0.05) is 23.7 Å². The van der Waals surface area contributed by atoms with Gasteiger partial charge < -0.3 is 4.90 Å². The van der Waals surface area contributed by atoms with Gasteiger partial charge in [0.15, 0.2) is 5.78 Å². The van der Waals surface area contributed by atoms with E-state index in [1.165, 1.54) is 0 Å². The molecule has 0 N–H and O–H groups in total. The van der Waals surface area contributed by atoms with Crippen molar-refractivity contribution in [3.8, 4) is 0 Å². The Bertz CT molecular complexity index is 556. The number of Topliss-reactive ketones (excluding diaryl/α,β-unsaturated/α-hetero) is 1. The highest BCUT2D eigenvalue weighted by atomic mass is 79.9. The number of amides is 1. The molecule has 1 amide bonds. The first-order chi connectivity index (χ1) is 9.99. The van der Waals surface area contributed by atoms with Crippen LogP contribution in [0.4, 0.5) is 5.69 Å². The first kappa shape index (κ1) is 16.2. The summed E-state index contributed by atoms with van der Waals surface area (Å²) in [4.78, 5) is 26.2. The molecule has 1 heterocycles. The van der Waals surface area contributed by atoms with Crippen LogP contribution in [0.1, 0.15) is 56.0 Å². The fourth-order valence-corrected chi connectivity index (χ4v) is 3.13. The van der Waals surface area contributed by atoms with Crippen molar-refractivity contribution in [2.45, 2.75) is 57.3 Å². The molecule has 114 valence electrons. The average molecular weight is 352 g/mol. The molecule has 21 heavy (non-hydrogen) atoms. The van der Waals surface area contributed by atoms with Gasteiger partial charge >= 0.3 is 0 Å². The normalized spacial score (nSPS) is 18.5. The zero-order valence-electron chi connectivity index (χ0n) is 12.9. The molecule has 0 radical (unpaired) electrons. The van der Waals surface area contributed by atoms with Crippen molar-refractivity contribution in [3.05, 3.63) is 29.3 Å². The summed E-state index contributed by atoms with van der Waals surface area (Å²) in [7, 11) is 0. The Morgan fingerprint density at radius 3 is 2.71 bits per heavy atom. The van der Waals surface area contributed by atoms with Gasteiger partial charge in [0.1, 0.15) is 0 Å². The number of anilines is 1. The third kappa shape index (κ3) is 3.20. The molecule has 2 rings (SSSR count). The molecule has 2 unspecified atom stereocenters. The van der Waals surface area contributed by atoms with Gasteiger partial charge in [-0.25, -0.2) is 0 Å². The van der Waals surface area contributed by atoms with E-state index < -0.39 is 0 Å². The zero-order chi connectivity index (χ0) is 15.6. The number of nitrogens with zero attached hydrogens (tertiary/aromatic N) is 1. The predicted octanol–water partition coefficient (Wildman–Crippen LogP) is 4.12. The number of ketones is 1. The summed E-state index contributed by atoms with van der Waals surface area (Å²) in [6.45, 7) is 6.06. The minimum atomic E-state index is -0.132. The monoisotopic (exact) mass is 351 g/mol. The van der Waals surface area contributed by atoms with Crippen molar-refractivity contribution in [3.63, 3.8) is 0 Å². The second-order valence-electron chi connectivity index (χ2n) is 5.65. The molecule has 0 saturated heterocycles. The standard InChI is InChI=1S/C17H22BrNO2/c1-4-6-16(20)19-11(3)9-13-10-12(7-8-15(13)19)17(21)14(18)5-2/h7-8,10-11,14H,4-6,9H2,1-3H3. The van der Waals surface area contributed by atoms with Crippen LogP contribution >= 0.6 is 15.9 Å². The van der Waals surface area contributed by atoms with Crippen molar-refractivity contribution in [2.24, 2.45) is 0 Å². The number of carbonyl (C=O) groups is 2. The summed E-state index contributed by atoms with van der Waals surface area (Å²) in [5, 5.41) is 0. The summed E-state index contributed by atoms with van der Waals surface area (Å²) in [6.07, 6.45) is 3.03. The van der Waals surface area contributed by atoms with Crippen LogP contribution in [-0.4, -0.2) is 22.6 Å². The second-order valence-corrected chi connectivity index (χ2v) is 6.76. The number of benzene rings is 1. The van der Waals surface area contributed by atoms with Gasteiger partial charge in [-0.05, 0) is 49.9 Å². The van der Waals surface area contributed by atoms with Crippen molar-refractivity contribution >= 4 is 33.3 Å². The van der Waals surface area contributed by atoms with Crippen molar-refractivity contribution in [2.75, 3.05) is 4.90 Å². The van der Waals surface area contributed by atoms with E-state index in [2.05, 4.69) is 22.9 Å². The Labute approximate surface area is 134 Å². The van der Waals surface area contributed by atoms with Gasteiger partial charge in [0.2, 0.25) is 5.91 Å². The lowest BCUT2D eigenvalue weighted by molar-refractivity contribution is -0.118. The maximum atomic E-state index is 12.2. The lowest BCUT2D eigenvalue weighted by Crippen LogP contribution is -2.35. The summed E-state index contributed by atoms with van der Waals surface area (Å²) in [6, 6.07) is 5.90. The number of fused-ring (bicyclic) bond motifs is 1. The van der Waals surface area contributed by atoms with Crippen LogP contribution in [-0.2, 0) is 11.2 Å². The average Bonchev–Trinajstić information content (AvgIpc) is 2.80. The molecule has 1 aliphatic heterocycles. The van der Waals surface area contributed by atoms with E-state index in [-0.39, 0.29) is 22.6 Å². The van der Waals surface area contributed by atoms with Crippen LogP contribution in [0.2, 0.25) is 0 Å². The fraction of sp³-hybridized carbons (Fsp3) is 0.529. The molecule has 0 saturated carbocycles. The number of alkyl halides is 1. The first-order valence-electron chi connectivity index (χ1n) is 7.62. The molecule has 0 aromatic heterocycles. The minimum Gasteiger partial charge on any atom is -0.309 e. The molecule has 1 aromatic carbocycles. The van der Waals surface area contributed by atoms with Crippen LogP contribution in [0.3, 0.4) is 0 Å². The van der Waals surface area contributed by atoms with E-state index in [1.54, 1.807) is 0 Å². The van der Waals surface area contributed by atoms with E-state index >= 15 is 0 Å². The van der Waals surface area contributed by atoms with E-state index in [9.17, 15) is 9.59 Å². The van der Waals surface area contributed by atoms with Gasteiger partial charge in [-0.2, -0.15) is 0 Å². The molecule has 0 fully saturated rings. The Kier molecular flexibility index (Phi) is 5.20. The molecular formula is C17H22BrNO2. The van der Waals surface area contributed by atoms with E-state index in [0.29, 0.717) is 6.42 Å². The molecule has 0 spiro atoms. The van der Waals surface area contributed by atoms with Crippen molar-refractivity contribution in [1.82, 2.24) is 0 Å². The van der Waals surface area contributed by atoms with Gasteiger partial charge in [-0.1, -0.05) is 29.8 Å². The Hall–Kier alpha value is -1.16. The van der Waals surface area contributed by atoms with E-state index in [1.807, 2.05) is 36.9 Å². The fourth-order valence-electron chi connectivity index (χ4n) is 2.86. The van der Waals surface area contributed by atoms with Crippen LogP contribution in [0, 0.1) is 0 Å². The number of hydrogen-bond acceptors (Lipinski definition) is 2. The highest BCUT2D eigenvalue weighted by Gasteiger charge is 2.31. The predicted molar refractivity (Wildman–Crippen MR) is 89.3 cm³/mol.